The number of aryl methyl sites for hydroxylation is 2. The topological polar surface area (TPSA) is 93.4 Å². The van der Waals surface area contributed by atoms with Crippen molar-refractivity contribution in [3.8, 4) is 0 Å². The van der Waals surface area contributed by atoms with Crippen molar-refractivity contribution in [1.82, 2.24) is 9.97 Å². The van der Waals surface area contributed by atoms with E-state index < -0.39 is 0 Å². The molecule has 1 amide bonds. The van der Waals surface area contributed by atoms with Gasteiger partial charge in [-0.2, -0.15) is 4.98 Å². The predicted molar refractivity (Wildman–Crippen MR) is 112 cm³/mol. The standard InChI is InChI=1S/C20H26ClN5O2/c1-4-19(27)24-16-10-15(21)14(8-12(16)2)17-11-28-7-5-6-26(17)18-9-13(3)23-20(22)25-18/h8-10,17H,4-7,11H2,1-3H3,(H,24,27)(H2,22,23,25). The molecule has 7 nitrogen and oxygen atoms in total. The third-order valence-corrected chi connectivity index (χ3v) is 5.12. The summed E-state index contributed by atoms with van der Waals surface area (Å²) in [6.45, 7) is 7.60. The Labute approximate surface area is 170 Å². The molecule has 0 bridgehead atoms. The van der Waals surface area contributed by atoms with Crippen LogP contribution < -0.4 is 16.0 Å². The average Bonchev–Trinajstić information content (AvgIpc) is 2.89. The Morgan fingerprint density at radius 1 is 1.36 bits per heavy atom. The number of nitrogens with zero attached hydrogens (tertiary/aromatic N) is 3. The Balaban J connectivity index is 2.00. The third kappa shape index (κ3) is 4.54. The van der Waals surface area contributed by atoms with E-state index in [4.69, 9.17) is 22.1 Å². The average molecular weight is 404 g/mol. The zero-order chi connectivity index (χ0) is 20.3. The fraction of sp³-hybridized carbons (Fsp3) is 0.450. The van der Waals surface area contributed by atoms with Crippen LogP contribution in [-0.4, -0.2) is 35.6 Å². The molecule has 1 aliphatic heterocycles. The van der Waals surface area contributed by atoms with Crippen LogP contribution in [0.15, 0.2) is 18.2 Å². The van der Waals surface area contributed by atoms with Gasteiger partial charge in [-0.1, -0.05) is 24.6 Å². The highest BCUT2D eigenvalue weighted by Crippen LogP contribution is 2.36. The van der Waals surface area contributed by atoms with Gasteiger partial charge in [0.25, 0.3) is 0 Å². The van der Waals surface area contributed by atoms with Gasteiger partial charge in [0, 0.05) is 42.0 Å². The van der Waals surface area contributed by atoms with E-state index >= 15 is 0 Å². The number of nitrogens with two attached hydrogens (primary N) is 1. The monoisotopic (exact) mass is 403 g/mol. The maximum absolute atomic E-state index is 11.8. The lowest BCUT2D eigenvalue weighted by molar-refractivity contribution is -0.115. The van der Waals surface area contributed by atoms with Crippen molar-refractivity contribution < 1.29 is 9.53 Å². The quantitative estimate of drug-likeness (QED) is 0.809. The number of anilines is 3. The Kier molecular flexibility index (Phi) is 6.36. The van der Waals surface area contributed by atoms with Crippen LogP contribution in [0.25, 0.3) is 0 Å². The van der Waals surface area contributed by atoms with Crippen LogP contribution in [0.3, 0.4) is 0 Å². The number of nitrogens with one attached hydrogen (secondary N) is 1. The van der Waals surface area contributed by atoms with Gasteiger partial charge in [0.2, 0.25) is 11.9 Å². The second-order valence-corrected chi connectivity index (χ2v) is 7.36. The highest BCUT2D eigenvalue weighted by atomic mass is 35.5. The maximum atomic E-state index is 11.8. The summed E-state index contributed by atoms with van der Waals surface area (Å²) in [6.07, 6.45) is 1.29. The summed E-state index contributed by atoms with van der Waals surface area (Å²) >= 11 is 6.64. The molecule has 0 aliphatic carbocycles. The van der Waals surface area contributed by atoms with Gasteiger partial charge in [-0.15, -0.1) is 0 Å². The van der Waals surface area contributed by atoms with Crippen molar-refractivity contribution in [2.75, 3.05) is 35.7 Å². The number of halogens is 1. The number of carbonyl (C=O) groups is 1. The Hall–Kier alpha value is -2.38. The fourth-order valence-electron chi connectivity index (χ4n) is 3.36. The summed E-state index contributed by atoms with van der Waals surface area (Å²) < 4.78 is 5.84. The fourth-order valence-corrected chi connectivity index (χ4v) is 3.65. The molecule has 28 heavy (non-hydrogen) atoms. The van der Waals surface area contributed by atoms with Crippen molar-refractivity contribution in [1.29, 1.82) is 0 Å². The van der Waals surface area contributed by atoms with Crippen LogP contribution in [0, 0.1) is 13.8 Å². The van der Waals surface area contributed by atoms with Gasteiger partial charge < -0.3 is 20.7 Å². The van der Waals surface area contributed by atoms with Gasteiger partial charge in [-0.3, -0.25) is 4.79 Å². The van der Waals surface area contributed by atoms with Gasteiger partial charge in [0.05, 0.1) is 12.6 Å². The van der Waals surface area contributed by atoms with Crippen LogP contribution in [0.1, 0.15) is 42.6 Å². The largest absolute Gasteiger partial charge is 0.379 e. The number of nitrogen functional groups attached to an aromatic ring is 1. The van der Waals surface area contributed by atoms with Crippen molar-refractivity contribution in [2.24, 2.45) is 0 Å². The first-order chi connectivity index (χ1) is 13.4. The minimum atomic E-state index is -0.113. The molecular formula is C20H26ClN5O2. The SMILES string of the molecule is CCC(=O)Nc1cc(Cl)c(C2COCCCN2c2cc(C)nc(N)n2)cc1C. The van der Waals surface area contributed by atoms with Crippen LogP contribution in [0.4, 0.5) is 17.5 Å². The number of carbonyl (C=O) groups excluding carboxylic acids is 1. The van der Waals surface area contributed by atoms with E-state index in [1.807, 2.05) is 39.0 Å². The highest BCUT2D eigenvalue weighted by Gasteiger charge is 2.27. The predicted octanol–water partition coefficient (Wildman–Crippen LogP) is 3.65. The summed E-state index contributed by atoms with van der Waals surface area (Å²) in [7, 11) is 0. The van der Waals surface area contributed by atoms with E-state index in [0.717, 1.165) is 41.3 Å². The first kappa shape index (κ1) is 20.4. The van der Waals surface area contributed by atoms with Crippen LogP contribution in [0.2, 0.25) is 5.02 Å². The van der Waals surface area contributed by atoms with Gasteiger partial charge in [-0.05, 0) is 37.5 Å². The molecule has 1 fully saturated rings. The molecule has 1 saturated heterocycles. The smallest absolute Gasteiger partial charge is 0.224 e. The maximum Gasteiger partial charge on any atom is 0.224 e. The minimum Gasteiger partial charge on any atom is -0.379 e. The molecule has 3 rings (SSSR count). The van der Waals surface area contributed by atoms with Gasteiger partial charge >= 0.3 is 0 Å². The lowest BCUT2D eigenvalue weighted by Crippen LogP contribution is -2.32. The molecule has 0 spiro atoms. The van der Waals surface area contributed by atoms with E-state index in [1.54, 1.807) is 0 Å². The number of hydrogen-bond acceptors (Lipinski definition) is 6. The molecule has 0 radical (unpaired) electrons. The van der Waals surface area contributed by atoms with E-state index in [0.29, 0.717) is 24.7 Å². The van der Waals surface area contributed by atoms with Crippen molar-refractivity contribution >= 4 is 35.0 Å². The second kappa shape index (κ2) is 8.75. The molecule has 1 atom stereocenters. The molecule has 1 aliphatic rings. The molecule has 2 aromatic rings. The third-order valence-electron chi connectivity index (χ3n) is 4.79. The van der Waals surface area contributed by atoms with E-state index in [2.05, 4.69) is 20.2 Å². The molecule has 3 N–H and O–H groups in total. The molecular weight excluding hydrogens is 378 g/mol. The molecule has 1 unspecified atom stereocenters. The first-order valence-corrected chi connectivity index (χ1v) is 9.82. The summed E-state index contributed by atoms with van der Waals surface area (Å²) in [5.74, 6) is 0.967. The normalized spacial score (nSPS) is 17.3. The lowest BCUT2D eigenvalue weighted by atomic mass is 10.0. The Morgan fingerprint density at radius 3 is 2.86 bits per heavy atom. The molecule has 0 saturated carbocycles. The molecule has 2 heterocycles. The molecule has 1 aromatic heterocycles. The molecule has 1 aromatic carbocycles. The second-order valence-electron chi connectivity index (χ2n) is 6.95. The summed E-state index contributed by atoms with van der Waals surface area (Å²) in [6, 6.07) is 5.63. The minimum absolute atomic E-state index is 0.0433. The number of ether oxygens (including phenoxy) is 1. The van der Waals surface area contributed by atoms with E-state index in [-0.39, 0.29) is 17.9 Å². The first-order valence-electron chi connectivity index (χ1n) is 9.44. The number of aromatic nitrogens is 2. The van der Waals surface area contributed by atoms with Crippen molar-refractivity contribution in [2.45, 2.75) is 39.7 Å². The van der Waals surface area contributed by atoms with Gasteiger partial charge in [-0.25, -0.2) is 4.98 Å². The molecule has 8 heteroatoms. The van der Waals surface area contributed by atoms with Crippen LogP contribution >= 0.6 is 11.6 Å². The Bertz CT molecular complexity index is 854. The van der Waals surface area contributed by atoms with Crippen molar-refractivity contribution in [3.05, 3.63) is 40.0 Å². The summed E-state index contributed by atoms with van der Waals surface area (Å²) in [4.78, 5) is 22.5. The summed E-state index contributed by atoms with van der Waals surface area (Å²) in [5, 5.41) is 3.48. The number of rotatable bonds is 4. The van der Waals surface area contributed by atoms with Crippen molar-refractivity contribution in [3.63, 3.8) is 0 Å². The summed E-state index contributed by atoms with van der Waals surface area (Å²) in [5.41, 5.74) is 9.30. The van der Waals surface area contributed by atoms with Crippen LogP contribution in [-0.2, 0) is 9.53 Å². The van der Waals surface area contributed by atoms with Gasteiger partial charge in [0.15, 0.2) is 0 Å². The number of hydrogen-bond donors (Lipinski definition) is 2. The number of benzene rings is 1. The van der Waals surface area contributed by atoms with E-state index in [9.17, 15) is 4.79 Å². The van der Waals surface area contributed by atoms with E-state index in [1.165, 1.54) is 0 Å². The highest BCUT2D eigenvalue weighted by molar-refractivity contribution is 6.31. The van der Waals surface area contributed by atoms with Crippen LogP contribution in [0.5, 0.6) is 0 Å². The number of amides is 1. The lowest BCUT2D eigenvalue weighted by Gasteiger charge is -2.32. The molecule has 150 valence electrons. The Morgan fingerprint density at radius 2 is 2.14 bits per heavy atom. The van der Waals surface area contributed by atoms with Gasteiger partial charge in [0.1, 0.15) is 5.82 Å². The zero-order valence-corrected chi connectivity index (χ0v) is 17.2. The zero-order valence-electron chi connectivity index (χ0n) is 16.5.